The minimum atomic E-state index is -0.652. The molecule has 0 aromatic heterocycles. The molecule has 2 unspecified atom stereocenters. The summed E-state index contributed by atoms with van der Waals surface area (Å²) in [4.78, 5) is 0. The van der Waals surface area contributed by atoms with Crippen LogP contribution in [0.4, 0.5) is 4.39 Å². The molecule has 0 heterocycles. The monoisotopic (exact) mass is 133 g/mol. The maximum absolute atomic E-state index is 12.2. The van der Waals surface area contributed by atoms with Crippen LogP contribution in [0, 0.1) is 0 Å². The average Bonchev–Trinajstić information content (AvgIpc) is 1.83. The quantitative estimate of drug-likeness (QED) is 0.616. The molecule has 9 heavy (non-hydrogen) atoms. The van der Waals surface area contributed by atoms with E-state index in [0.717, 1.165) is 6.42 Å². The fourth-order valence-corrected chi connectivity index (χ4v) is 0.624. The van der Waals surface area contributed by atoms with E-state index >= 15 is 0 Å². The lowest BCUT2D eigenvalue weighted by Gasteiger charge is -2.09. The van der Waals surface area contributed by atoms with Gasteiger partial charge in [0.15, 0.2) is 0 Å². The largest absolute Gasteiger partial charge is 0.317 e. The Labute approximate surface area is 56.6 Å². The molecule has 0 radical (unpaired) electrons. The van der Waals surface area contributed by atoms with Crippen LogP contribution in [0.25, 0.3) is 0 Å². The van der Waals surface area contributed by atoms with Crippen LogP contribution in [0.2, 0.25) is 0 Å². The van der Waals surface area contributed by atoms with Crippen molar-refractivity contribution >= 4 is 0 Å². The Balaban J connectivity index is 3.06. The maximum Gasteiger partial charge on any atom is 0.0974 e. The Bertz CT molecular complexity index is 63.9. The van der Waals surface area contributed by atoms with Crippen molar-refractivity contribution in [1.29, 1.82) is 0 Å². The molecule has 56 valence electrons. The summed E-state index contributed by atoms with van der Waals surface area (Å²) in [5.74, 6) is 0. The molecule has 0 aromatic carbocycles. The van der Waals surface area contributed by atoms with Gasteiger partial charge in [0.2, 0.25) is 0 Å². The first-order valence-electron chi connectivity index (χ1n) is 3.48. The Hall–Kier alpha value is -0.110. The van der Waals surface area contributed by atoms with Gasteiger partial charge in [-0.3, -0.25) is 0 Å². The lowest BCUT2D eigenvalue weighted by Crippen LogP contribution is -2.21. The summed E-state index contributed by atoms with van der Waals surface area (Å²) >= 11 is 0. The highest BCUT2D eigenvalue weighted by Crippen LogP contribution is 2.02. The predicted molar refractivity (Wildman–Crippen MR) is 38.3 cm³/mol. The van der Waals surface area contributed by atoms with Gasteiger partial charge in [0.1, 0.15) is 0 Å². The number of halogens is 1. The van der Waals surface area contributed by atoms with Crippen molar-refractivity contribution < 1.29 is 4.39 Å². The standard InChI is InChI=1S/C7H16FN/c1-6(8)4-5-7(2)9-3/h6-7,9H,4-5H2,1-3H3. The number of hydrogen-bond acceptors (Lipinski definition) is 1. The first kappa shape index (κ1) is 8.89. The second kappa shape index (κ2) is 4.74. The van der Waals surface area contributed by atoms with Gasteiger partial charge in [-0.2, -0.15) is 0 Å². The molecule has 0 aromatic rings. The number of rotatable bonds is 4. The average molecular weight is 133 g/mol. The lowest BCUT2D eigenvalue weighted by atomic mass is 10.1. The van der Waals surface area contributed by atoms with E-state index in [-0.39, 0.29) is 0 Å². The van der Waals surface area contributed by atoms with E-state index in [4.69, 9.17) is 0 Å². The molecular weight excluding hydrogens is 117 g/mol. The van der Waals surface area contributed by atoms with Gasteiger partial charge in [-0.15, -0.1) is 0 Å². The molecule has 0 rings (SSSR count). The van der Waals surface area contributed by atoms with E-state index in [1.165, 1.54) is 0 Å². The Morgan fingerprint density at radius 2 is 1.89 bits per heavy atom. The highest BCUT2D eigenvalue weighted by molar-refractivity contribution is 4.58. The van der Waals surface area contributed by atoms with Crippen molar-refractivity contribution in [3.05, 3.63) is 0 Å². The third kappa shape index (κ3) is 5.77. The Morgan fingerprint density at radius 3 is 2.22 bits per heavy atom. The van der Waals surface area contributed by atoms with Crippen LogP contribution in [0.1, 0.15) is 26.7 Å². The summed E-state index contributed by atoms with van der Waals surface area (Å²) in [6.45, 7) is 3.66. The summed E-state index contributed by atoms with van der Waals surface area (Å²) in [6, 6.07) is 0.447. The molecule has 0 aliphatic carbocycles. The smallest absolute Gasteiger partial charge is 0.0974 e. The van der Waals surface area contributed by atoms with Crippen molar-refractivity contribution in [2.24, 2.45) is 0 Å². The topological polar surface area (TPSA) is 12.0 Å². The summed E-state index contributed by atoms with van der Waals surface area (Å²) in [6.07, 6.45) is 0.941. The van der Waals surface area contributed by atoms with Crippen LogP contribution < -0.4 is 5.32 Å². The van der Waals surface area contributed by atoms with Gasteiger partial charge in [-0.1, -0.05) is 0 Å². The molecule has 0 amide bonds. The number of alkyl halides is 1. The normalized spacial score (nSPS) is 17.3. The van der Waals surface area contributed by atoms with E-state index in [9.17, 15) is 4.39 Å². The van der Waals surface area contributed by atoms with E-state index in [2.05, 4.69) is 12.2 Å². The van der Waals surface area contributed by atoms with Crippen LogP contribution in [-0.4, -0.2) is 19.3 Å². The highest BCUT2D eigenvalue weighted by atomic mass is 19.1. The summed E-state index contributed by atoms with van der Waals surface area (Å²) in [7, 11) is 1.90. The van der Waals surface area contributed by atoms with Crippen LogP contribution in [0.15, 0.2) is 0 Å². The second-order valence-electron chi connectivity index (χ2n) is 2.55. The van der Waals surface area contributed by atoms with Gasteiger partial charge < -0.3 is 5.32 Å². The fraction of sp³-hybridized carbons (Fsp3) is 1.00. The fourth-order valence-electron chi connectivity index (χ4n) is 0.624. The van der Waals surface area contributed by atoms with Gasteiger partial charge in [0.25, 0.3) is 0 Å². The van der Waals surface area contributed by atoms with E-state index in [0.29, 0.717) is 12.5 Å². The highest BCUT2D eigenvalue weighted by Gasteiger charge is 2.01. The summed E-state index contributed by atoms with van der Waals surface area (Å²) in [5.41, 5.74) is 0. The Kier molecular flexibility index (Phi) is 4.68. The van der Waals surface area contributed by atoms with Gasteiger partial charge in [-0.05, 0) is 33.7 Å². The third-order valence-electron chi connectivity index (χ3n) is 1.49. The zero-order valence-corrected chi connectivity index (χ0v) is 6.45. The first-order chi connectivity index (χ1) is 4.16. The molecule has 0 bridgehead atoms. The molecular formula is C7H16FN. The molecule has 0 spiro atoms. The van der Waals surface area contributed by atoms with Crippen LogP contribution >= 0.6 is 0 Å². The molecule has 0 saturated carbocycles. The van der Waals surface area contributed by atoms with E-state index in [1.54, 1.807) is 6.92 Å². The molecule has 0 aliphatic rings. The molecule has 1 N–H and O–H groups in total. The summed E-state index contributed by atoms with van der Waals surface area (Å²) < 4.78 is 12.2. The van der Waals surface area contributed by atoms with Gasteiger partial charge >= 0.3 is 0 Å². The zero-order valence-electron chi connectivity index (χ0n) is 6.45. The maximum atomic E-state index is 12.2. The van der Waals surface area contributed by atoms with Crippen LogP contribution in [-0.2, 0) is 0 Å². The summed E-state index contributed by atoms with van der Waals surface area (Å²) in [5, 5.41) is 3.05. The van der Waals surface area contributed by atoms with Crippen molar-refractivity contribution in [3.8, 4) is 0 Å². The second-order valence-corrected chi connectivity index (χ2v) is 2.55. The molecule has 0 fully saturated rings. The molecule has 1 nitrogen and oxygen atoms in total. The SMILES string of the molecule is CNC(C)CCC(C)F. The zero-order chi connectivity index (χ0) is 7.28. The first-order valence-corrected chi connectivity index (χ1v) is 3.48. The molecule has 0 aliphatic heterocycles. The lowest BCUT2D eigenvalue weighted by molar-refractivity contribution is 0.321. The Morgan fingerprint density at radius 1 is 1.33 bits per heavy atom. The molecule has 2 atom stereocenters. The number of hydrogen-bond donors (Lipinski definition) is 1. The van der Waals surface area contributed by atoms with Crippen molar-refractivity contribution in [3.63, 3.8) is 0 Å². The van der Waals surface area contributed by atoms with Gasteiger partial charge in [0, 0.05) is 6.04 Å². The minimum Gasteiger partial charge on any atom is -0.317 e. The van der Waals surface area contributed by atoms with Crippen molar-refractivity contribution in [1.82, 2.24) is 5.32 Å². The number of nitrogens with one attached hydrogen (secondary N) is 1. The van der Waals surface area contributed by atoms with Crippen LogP contribution in [0.3, 0.4) is 0 Å². The van der Waals surface area contributed by atoms with Crippen LogP contribution in [0.5, 0.6) is 0 Å². The van der Waals surface area contributed by atoms with Gasteiger partial charge in [-0.25, -0.2) is 4.39 Å². The minimum absolute atomic E-state index is 0.447. The van der Waals surface area contributed by atoms with E-state index in [1.807, 2.05) is 7.05 Å². The third-order valence-corrected chi connectivity index (χ3v) is 1.49. The predicted octanol–water partition coefficient (Wildman–Crippen LogP) is 1.73. The van der Waals surface area contributed by atoms with Crippen molar-refractivity contribution in [2.75, 3.05) is 7.05 Å². The molecule has 0 saturated heterocycles. The van der Waals surface area contributed by atoms with Crippen molar-refractivity contribution in [2.45, 2.75) is 38.9 Å². The van der Waals surface area contributed by atoms with E-state index < -0.39 is 6.17 Å². The van der Waals surface area contributed by atoms with Gasteiger partial charge in [0.05, 0.1) is 6.17 Å². The molecule has 2 heteroatoms.